The van der Waals surface area contributed by atoms with Crippen LogP contribution in [0.15, 0.2) is 24.3 Å². The molecule has 0 heterocycles. The smallest absolute Gasteiger partial charge is 0.237 e. The van der Waals surface area contributed by atoms with Crippen molar-refractivity contribution in [3.8, 4) is 6.07 Å². The van der Waals surface area contributed by atoms with Gasteiger partial charge in [0.05, 0.1) is 16.3 Å². The number of benzene rings is 1. The predicted molar refractivity (Wildman–Crippen MR) is 72.1 cm³/mol. The summed E-state index contributed by atoms with van der Waals surface area (Å²) in [6.07, 6.45) is 0. The van der Waals surface area contributed by atoms with Gasteiger partial charge in [-0.25, -0.2) is 0 Å². The van der Waals surface area contributed by atoms with Crippen LogP contribution in [0.3, 0.4) is 0 Å². The molecule has 1 atom stereocenters. The number of hydrogen-bond donors (Lipinski definition) is 1. The molecule has 3 nitrogen and oxygen atoms in total. The Kier molecular flexibility index (Phi) is 4.30. The average molecular weight is 295 g/mol. The highest BCUT2D eigenvalue weighted by Gasteiger charge is 2.19. The monoisotopic (exact) mass is 294 g/mol. The van der Waals surface area contributed by atoms with Gasteiger partial charge >= 0.3 is 0 Å². The Balaban J connectivity index is 2.83. The van der Waals surface area contributed by atoms with Crippen molar-refractivity contribution >= 4 is 27.5 Å². The number of alkyl halides is 1. The molecule has 4 heteroatoms. The van der Waals surface area contributed by atoms with E-state index in [1.807, 2.05) is 38.1 Å². The second kappa shape index (κ2) is 5.33. The van der Waals surface area contributed by atoms with Crippen LogP contribution in [0.1, 0.15) is 26.3 Å². The lowest BCUT2D eigenvalue weighted by atomic mass is 9.86. The molecule has 0 radical (unpaired) electrons. The quantitative estimate of drug-likeness (QED) is 0.871. The van der Waals surface area contributed by atoms with Crippen molar-refractivity contribution in [3.05, 3.63) is 29.8 Å². The van der Waals surface area contributed by atoms with Gasteiger partial charge in [-0.1, -0.05) is 28.1 Å². The van der Waals surface area contributed by atoms with Crippen LogP contribution in [0.2, 0.25) is 0 Å². The molecular formula is C13H15BrN2O. The Bertz CT molecular complexity index is 443. The van der Waals surface area contributed by atoms with Gasteiger partial charge in [-0.2, -0.15) is 5.26 Å². The first kappa shape index (κ1) is 13.7. The van der Waals surface area contributed by atoms with Crippen LogP contribution in [-0.2, 0) is 10.2 Å². The van der Waals surface area contributed by atoms with Crippen LogP contribution in [0, 0.1) is 11.3 Å². The zero-order valence-electron chi connectivity index (χ0n) is 10.1. The van der Waals surface area contributed by atoms with Gasteiger partial charge in [0.1, 0.15) is 0 Å². The summed E-state index contributed by atoms with van der Waals surface area (Å²) in [6.45, 7) is 5.49. The molecule has 1 aromatic rings. The normalized spacial score (nSPS) is 12.6. The summed E-state index contributed by atoms with van der Waals surface area (Å²) in [6, 6.07) is 9.57. The third-order valence-corrected chi connectivity index (χ3v) is 2.93. The molecule has 0 saturated heterocycles. The predicted octanol–water partition coefficient (Wildman–Crippen LogP) is 3.21. The van der Waals surface area contributed by atoms with Crippen LogP contribution >= 0.6 is 15.9 Å². The maximum Gasteiger partial charge on any atom is 0.237 e. The van der Waals surface area contributed by atoms with E-state index in [4.69, 9.17) is 5.26 Å². The van der Waals surface area contributed by atoms with Crippen molar-refractivity contribution in [1.82, 2.24) is 0 Å². The minimum Gasteiger partial charge on any atom is -0.325 e. The molecule has 1 rings (SSSR count). The Hall–Kier alpha value is -1.34. The summed E-state index contributed by atoms with van der Waals surface area (Å²) in [5, 5.41) is 11.8. The lowest BCUT2D eigenvalue weighted by Gasteiger charge is -2.16. The minimum absolute atomic E-state index is 0.0858. The molecular weight excluding hydrogens is 280 g/mol. The van der Waals surface area contributed by atoms with Crippen LogP contribution in [0.5, 0.6) is 0 Å². The van der Waals surface area contributed by atoms with E-state index in [9.17, 15) is 4.79 Å². The molecule has 0 spiro atoms. The average Bonchev–Trinajstić information content (AvgIpc) is 2.29. The number of carbonyl (C=O) groups excluding carboxylic acids is 1. The van der Waals surface area contributed by atoms with E-state index < -0.39 is 5.41 Å². The van der Waals surface area contributed by atoms with E-state index in [1.165, 1.54) is 0 Å². The molecule has 1 N–H and O–H groups in total. The van der Waals surface area contributed by atoms with E-state index in [0.29, 0.717) is 0 Å². The summed E-state index contributed by atoms with van der Waals surface area (Å²) in [7, 11) is 0. The number of carbonyl (C=O) groups is 1. The Morgan fingerprint density at radius 1 is 1.41 bits per heavy atom. The molecule has 0 bridgehead atoms. The number of halogens is 1. The standard InChI is InChI=1S/C13H15BrN2O/c1-9(14)12(17)16-11-6-4-10(5-7-11)13(2,3)8-15/h4-7,9H,1-3H3,(H,16,17). The van der Waals surface area contributed by atoms with Crippen molar-refractivity contribution in [3.63, 3.8) is 0 Å². The molecule has 0 aromatic heterocycles. The van der Waals surface area contributed by atoms with Crippen LogP contribution in [0.4, 0.5) is 5.69 Å². The van der Waals surface area contributed by atoms with Gasteiger partial charge in [-0.3, -0.25) is 4.79 Å². The summed E-state index contributed by atoms with van der Waals surface area (Å²) in [5.41, 5.74) is 1.16. The zero-order valence-corrected chi connectivity index (χ0v) is 11.7. The molecule has 0 saturated carbocycles. The van der Waals surface area contributed by atoms with Crippen molar-refractivity contribution in [2.45, 2.75) is 31.0 Å². The van der Waals surface area contributed by atoms with Gasteiger partial charge in [0.15, 0.2) is 0 Å². The summed E-state index contributed by atoms with van der Waals surface area (Å²) in [4.78, 5) is 11.2. The first-order valence-corrected chi connectivity index (χ1v) is 6.25. The molecule has 0 aliphatic carbocycles. The first-order valence-electron chi connectivity index (χ1n) is 5.33. The molecule has 17 heavy (non-hydrogen) atoms. The number of nitrogens with one attached hydrogen (secondary N) is 1. The number of rotatable bonds is 3. The van der Waals surface area contributed by atoms with Crippen molar-refractivity contribution < 1.29 is 4.79 Å². The highest BCUT2D eigenvalue weighted by molar-refractivity contribution is 9.10. The second-order valence-corrected chi connectivity index (χ2v) is 5.79. The van der Waals surface area contributed by atoms with Crippen LogP contribution < -0.4 is 5.32 Å². The topological polar surface area (TPSA) is 52.9 Å². The van der Waals surface area contributed by atoms with Crippen molar-refractivity contribution in [2.24, 2.45) is 0 Å². The molecule has 0 aliphatic heterocycles. The lowest BCUT2D eigenvalue weighted by Crippen LogP contribution is -2.20. The van der Waals surface area contributed by atoms with E-state index in [2.05, 4.69) is 27.3 Å². The largest absolute Gasteiger partial charge is 0.325 e. The zero-order chi connectivity index (χ0) is 13.1. The number of amides is 1. The van der Waals surface area contributed by atoms with Crippen molar-refractivity contribution in [2.75, 3.05) is 5.32 Å². The fourth-order valence-electron chi connectivity index (χ4n) is 1.28. The number of nitrogens with zero attached hydrogens (tertiary/aromatic N) is 1. The summed E-state index contributed by atoms with van der Waals surface area (Å²) < 4.78 is 0. The van der Waals surface area contributed by atoms with Gasteiger partial charge < -0.3 is 5.32 Å². The highest BCUT2D eigenvalue weighted by atomic mass is 79.9. The van der Waals surface area contributed by atoms with Crippen LogP contribution in [0.25, 0.3) is 0 Å². The Morgan fingerprint density at radius 3 is 2.35 bits per heavy atom. The van der Waals surface area contributed by atoms with Crippen LogP contribution in [-0.4, -0.2) is 10.7 Å². The van der Waals surface area contributed by atoms with E-state index in [1.54, 1.807) is 6.92 Å². The lowest BCUT2D eigenvalue weighted by molar-refractivity contribution is -0.115. The van der Waals surface area contributed by atoms with Gasteiger partial charge in [0, 0.05) is 5.69 Å². The van der Waals surface area contributed by atoms with Gasteiger partial charge in [0.2, 0.25) is 5.91 Å². The minimum atomic E-state index is -0.509. The second-order valence-electron chi connectivity index (χ2n) is 4.42. The van der Waals surface area contributed by atoms with Gasteiger partial charge in [-0.15, -0.1) is 0 Å². The molecule has 0 fully saturated rings. The van der Waals surface area contributed by atoms with E-state index in [0.717, 1.165) is 11.3 Å². The van der Waals surface area contributed by atoms with Gasteiger partial charge in [-0.05, 0) is 38.5 Å². The van der Waals surface area contributed by atoms with E-state index in [-0.39, 0.29) is 10.7 Å². The number of nitriles is 1. The van der Waals surface area contributed by atoms with Gasteiger partial charge in [0.25, 0.3) is 0 Å². The molecule has 1 aromatic carbocycles. The maximum absolute atomic E-state index is 11.4. The fourth-order valence-corrected chi connectivity index (χ4v) is 1.39. The third-order valence-electron chi connectivity index (χ3n) is 2.51. The van der Waals surface area contributed by atoms with Crippen molar-refractivity contribution in [1.29, 1.82) is 5.26 Å². The summed E-state index contributed by atoms with van der Waals surface area (Å²) in [5.74, 6) is -0.0858. The molecule has 1 unspecified atom stereocenters. The fraction of sp³-hybridized carbons (Fsp3) is 0.385. The third kappa shape index (κ3) is 3.57. The maximum atomic E-state index is 11.4. The number of hydrogen-bond acceptors (Lipinski definition) is 2. The van der Waals surface area contributed by atoms with E-state index >= 15 is 0 Å². The SMILES string of the molecule is CC(Br)C(=O)Nc1ccc(C(C)(C)C#N)cc1. The first-order chi connectivity index (χ1) is 7.86. The molecule has 0 aliphatic rings. The molecule has 90 valence electrons. The summed E-state index contributed by atoms with van der Waals surface area (Å²) >= 11 is 3.20. The highest BCUT2D eigenvalue weighted by Crippen LogP contribution is 2.23. The Labute approximate surface area is 110 Å². The molecule has 1 amide bonds. The number of anilines is 1. The Morgan fingerprint density at radius 2 is 1.94 bits per heavy atom.